The lowest BCUT2D eigenvalue weighted by atomic mass is 9.86. The topological polar surface area (TPSA) is 55.8 Å². The summed E-state index contributed by atoms with van der Waals surface area (Å²) in [6, 6.07) is 1.86. The van der Waals surface area contributed by atoms with Gasteiger partial charge in [0.25, 0.3) is 0 Å². The third kappa shape index (κ3) is 6.04. The van der Waals surface area contributed by atoms with Crippen molar-refractivity contribution in [2.45, 2.75) is 67.1 Å². The van der Waals surface area contributed by atoms with E-state index < -0.39 is 17.4 Å². The number of ether oxygens (including phenoxy) is 2. The molecule has 0 spiro atoms. The van der Waals surface area contributed by atoms with Crippen LogP contribution in [0, 0.1) is 5.92 Å². The van der Waals surface area contributed by atoms with Crippen molar-refractivity contribution in [3.8, 4) is 11.5 Å². The molecule has 0 fully saturated rings. The van der Waals surface area contributed by atoms with Gasteiger partial charge < -0.3 is 14.6 Å². The van der Waals surface area contributed by atoms with Crippen LogP contribution in [0.5, 0.6) is 11.5 Å². The summed E-state index contributed by atoms with van der Waals surface area (Å²) in [6.45, 7) is 15.1. The third-order valence-corrected chi connectivity index (χ3v) is 5.28. The summed E-state index contributed by atoms with van der Waals surface area (Å²) >= 11 is 6.79. The van der Waals surface area contributed by atoms with Crippen LogP contribution in [0.4, 0.5) is 4.39 Å². The van der Waals surface area contributed by atoms with Crippen LogP contribution < -0.4 is 9.47 Å². The van der Waals surface area contributed by atoms with Gasteiger partial charge in [0, 0.05) is 17.2 Å². The van der Waals surface area contributed by atoms with E-state index in [1.54, 1.807) is 13.8 Å². The second-order valence-electron chi connectivity index (χ2n) is 9.10. The Morgan fingerprint density at radius 3 is 2.38 bits per heavy atom. The first-order valence-corrected chi connectivity index (χ1v) is 11.0. The van der Waals surface area contributed by atoms with E-state index in [9.17, 15) is 4.79 Å². The number of allylic oxidation sites excluding steroid dienone is 6. The molecule has 1 heterocycles. The Morgan fingerprint density at radius 2 is 1.84 bits per heavy atom. The summed E-state index contributed by atoms with van der Waals surface area (Å²) in [5.74, 6) is -0.500. The Bertz CT molecular complexity index is 1030. The fourth-order valence-corrected chi connectivity index (χ4v) is 3.77. The van der Waals surface area contributed by atoms with E-state index >= 15 is 4.39 Å². The fraction of sp³-hybridized carbons (Fsp3) is 0.423. The van der Waals surface area contributed by atoms with Crippen LogP contribution in [-0.4, -0.2) is 22.8 Å². The van der Waals surface area contributed by atoms with Crippen LogP contribution in [-0.2, 0) is 4.79 Å². The van der Waals surface area contributed by atoms with Gasteiger partial charge in [0.1, 0.15) is 22.2 Å². The van der Waals surface area contributed by atoms with E-state index in [1.807, 2.05) is 33.8 Å². The SMILES string of the molecule is CC(C=CC(F)=C(C)c1cc2c(c(Cl)c1OC(C)C)OC(C)(C)C=C2C(C)C)=CC(=O)O. The zero-order valence-electron chi connectivity index (χ0n) is 20.0. The zero-order valence-corrected chi connectivity index (χ0v) is 20.7. The Morgan fingerprint density at radius 1 is 1.22 bits per heavy atom. The fourth-order valence-electron chi connectivity index (χ4n) is 3.48. The highest BCUT2D eigenvalue weighted by Crippen LogP contribution is 2.50. The summed E-state index contributed by atoms with van der Waals surface area (Å²) in [6.07, 6.45) is 5.56. The molecule has 0 amide bonds. The van der Waals surface area contributed by atoms with E-state index in [1.165, 1.54) is 12.2 Å². The highest BCUT2D eigenvalue weighted by Gasteiger charge is 2.32. The first kappa shape index (κ1) is 25.7. The van der Waals surface area contributed by atoms with Crippen LogP contribution in [0.15, 0.2) is 41.8 Å². The number of aliphatic carboxylic acids is 1. The largest absolute Gasteiger partial charge is 0.489 e. The average molecular weight is 463 g/mol. The van der Waals surface area contributed by atoms with Crippen molar-refractivity contribution in [3.05, 3.63) is 57.9 Å². The molecule has 0 aromatic heterocycles. The molecule has 32 heavy (non-hydrogen) atoms. The molecule has 4 nitrogen and oxygen atoms in total. The first-order valence-electron chi connectivity index (χ1n) is 10.6. The number of rotatable bonds is 7. The minimum atomic E-state index is -1.08. The second-order valence-corrected chi connectivity index (χ2v) is 9.48. The molecule has 174 valence electrons. The molecule has 0 unspecified atom stereocenters. The van der Waals surface area contributed by atoms with Gasteiger partial charge >= 0.3 is 5.97 Å². The summed E-state index contributed by atoms with van der Waals surface area (Å²) in [4.78, 5) is 10.8. The maximum Gasteiger partial charge on any atom is 0.328 e. The molecule has 1 aliphatic heterocycles. The molecule has 0 saturated heterocycles. The smallest absolute Gasteiger partial charge is 0.328 e. The number of carbonyl (C=O) groups is 1. The van der Waals surface area contributed by atoms with Crippen molar-refractivity contribution >= 4 is 28.7 Å². The Hall–Kier alpha value is -2.53. The van der Waals surface area contributed by atoms with Gasteiger partial charge in [-0.3, -0.25) is 0 Å². The number of carboxylic acids is 1. The number of carboxylic acid groups (broad SMARTS) is 1. The minimum Gasteiger partial charge on any atom is -0.489 e. The molecule has 0 bridgehead atoms. The summed E-state index contributed by atoms with van der Waals surface area (Å²) in [7, 11) is 0. The molecular weight excluding hydrogens is 431 g/mol. The highest BCUT2D eigenvalue weighted by molar-refractivity contribution is 6.34. The Balaban J connectivity index is 2.74. The van der Waals surface area contributed by atoms with Crippen molar-refractivity contribution in [2.24, 2.45) is 5.92 Å². The molecule has 0 radical (unpaired) electrons. The van der Waals surface area contributed by atoms with Crippen LogP contribution >= 0.6 is 11.6 Å². The maximum absolute atomic E-state index is 15.1. The summed E-state index contributed by atoms with van der Waals surface area (Å²) in [5, 5.41) is 9.15. The molecule has 6 heteroatoms. The number of fused-ring (bicyclic) bond motifs is 1. The van der Waals surface area contributed by atoms with E-state index in [0.717, 1.165) is 17.2 Å². The van der Waals surface area contributed by atoms with Gasteiger partial charge in [-0.15, -0.1) is 0 Å². The Kier molecular flexibility index (Phi) is 8.00. The van der Waals surface area contributed by atoms with Crippen LogP contribution in [0.2, 0.25) is 5.02 Å². The van der Waals surface area contributed by atoms with Crippen molar-refractivity contribution in [1.82, 2.24) is 0 Å². The summed E-state index contributed by atoms with van der Waals surface area (Å²) < 4.78 is 27.3. The van der Waals surface area contributed by atoms with Gasteiger partial charge in [-0.25, -0.2) is 9.18 Å². The van der Waals surface area contributed by atoms with E-state index in [-0.39, 0.29) is 12.0 Å². The van der Waals surface area contributed by atoms with Crippen molar-refractivity contribution in [2.75, 3.05) is 0 Å². The minimum absolute atomic E-state index is 0.187. The highest BCUT2D eigenvalue weighted by atomic mass is 35.5. The van der Waals surface area contributed by atoms with E-state index in [0.29, 0.717) is 33.2 Å². The normalized spacial score (nSPS) is 16.6. The molecule has 1 aromatic carbocycles. The molecule has 1 N–H and O–H groups in total. The van der Waals surface area contributed by atoms with Gasteiger partial charge in [0.15, 0.2) is 5.75 Å². The summed E-state index contributed by atoms with van der Waals surface area (Å²) in [5.41, 5.74) is 2.62. The standard InChI is InChI=1S/C26H32ClFO4/c1-14(2)20-13-26(7,8)32-25-19(20)12-18(24(23(25)27)31-15(3)4)17(6)21(28)10-9-16(5)11-22(29)30/h9-15H,1-8H3,(H,29,30). The van der Waals surface area contributed by atoms with Crippen LogP contribution in [0.25, 0.3) is 11.1 Å². The van der Waals surface area contributed by atoms with Gasteiger partial charge in [-0.05, 0) is 82.4 Å². The molecular formula is C26H32ClFO4. The van der Waals surface area contributed by atoms with Gasteiger partial charge in [0.2, 0.25) is 0 Å². The van der Waals surface area contributed by atoms with Gasteiger partial charge in [-0.1, -0.05) is 31.5 Å². The van der Waals surface area contributed by atoms with Crippen molar-refractivity contribution in [1.29, 1.82) is 0 Å². The molecule has 0 aliphatic carbocycles. The van der Waals surface area contributed by atoms with Crippen molar-refractivity contribution in [3.63, 3.8) is 0 Å². The number of halogens is 2. The lowest BCUT2D eigenvalue weighted by molar-refractivity contribution is -0.131. The average Bonchev–Trinajstić information content (AvgIpc) is 2.66. The second kappa shape index (κ2) is 9.95. The quantitative estimate of drug-likeness (QED) is 0.334. The van der Waals surface area contributed by atoms with Crippen LogP contribution in [0.1, 0.15) is 66.5 Å². The molecule has 0 atom stereocenters. The molecule has 0 saturated carbocycles. The lowest BCUT2D eigenvalue weighted by Gasteiger charge is -2.34. The van der Waals surface area contributed by atoms with Crippen molar-refractivity contribution < 1.29 is 23.8 Å². The van der Waals surface area contributed by atoms with E-state index in [4.69, 9.17) is 26.2 Å². The zero-order chi connectivity index (χ0) is 24.4. The predicted octanol–water partition coefficient (Wildman–Crippen LogP) is 7.63. The molecule has 1 aromatic rings. The maximum atomic E-state index is 15.1. The number of hydrogen-bond acceptors (Lipinski definition) is 3. The van der Waals surface area contributed by atoms with Crippen LogP contribution in [0.3, 0.4) is 0 Å². The van der Waals surface area contributed by atoms with Gasteiger partial charge in [0.05, 0.1) is 6.10 Å². The predicted molar refractivity (Wildman–Crippen MR) is 129 cm³/mol. The lowest BCUT2D eigenvalue weighted by Crippen LogP contribution is -2.30. The number of hydrogen-bond donors (Lipinski definition) is 1. The Labute approximate surface area is 195 Å². The molecule has 1 aliphatic rings. The van der Waals surface area contributed by atoms with Gasteiger partial charge in [-0.2, -0.15) is 0 Å². The first-order chi connectivity index (χ1) is 14.7. The third-order valence-electron chi connectivity index (χ3n) is 4.94. The monoisotopic (exact) mass is 462 g/mol. The molecule has 2 rings (SSSR count). The van der Waals surface area contributed by atoms with E-state index in [2.05, 4.69) is 19.9 Å². The number of benzene rings is 1.